The zero-order chi connectivity index (χ0) is 10.6. The van der Waals surface area contributed by atoms with Gasteiger partial charge < -0.3 is 9.47 Å². The molecule has 0 aliphatic rings. The molecule has 0 N–H and O–H groups in total. The molecule has 0 saturated heterocycles. The maximum atomic E-state index is 11.0. The van der Waals surface area contributed by atoms with Crippen LogP contribution in [0, 0.1) is 0 Å². The molecule has 14 heavy (non-hydrogen) atoms. The Kier molecular flexibility index (Phi) is 3.50. The van der Waals surface area contributed by atoms with E-state index >= 15 is 0 Å². The lowest BCUT2D eigenvalue weighted by Crippen LogP contribution is -2.24. The average molecular weight is 198 g/mol. The van der Waals surface area contributed by atoms with E-state index in [9.17, 15) is 4.79 Å². The van der Waals surface area contributed by atoms with Crippen LogP contribution in [0.1, 0.15) is 13.8 Å². The van der Waals surface area contributed by atoms with Crippen LogP contribution in [0.25, 0.3) is 0 Å². The van der Waals surface area contributed by atoms with Crippen molar-refractivity contribution in [1.82, 2.24) is 9.78 Å². The monoisotopic (exact) mass is 198 g/mol. The number of esters is 1. The third-order valence-electron chi connectivity index (χ3n) is 1.78. The van der Waals surface area contributed by atoms with E-state index in [1.807, 2.05) is 6.92 Å². The van der Waals surface area contributed by atoms with Crippen molar-refractivity contribution in [3.05, 3.63) is 12.4 Å². The summed E-state index contributed by atoms with van der Waals surface area (Å²) in [5, 5.41) is 4.01. The minimum Gasteiger partial charge on any atom is -0.476 e. The number of rotatable bonds is 4. The van der Waals surface area contributed by atoms with Gasteiger partial charge in [-0.2, -0.15) is 5.10 Å². The summed E-state index contributed by atoms with van der Waals surface area (Å²) < 4.78 is 11.5. The molecule has 1 aromatic rings. The van der Waals surface area contributed by atoms with Gasteiger partial charge >= 0.3 is 5.97 Å². The summed E-state index contributed by atoms with van der Waals surface area (Å²) in [6.07, 6.45) is 2.71. The number of carbonyl (C=O) groups excluding carboxylic acids is 1. The summed E-state index contributed by atoms with van der Waals surface area (Å²) in [7, 11) is 1.33. The lowest BCUT2D eigenvalue weighted by molar-refractivity contribution is -0.147. The summed E-state index contributed by atoms with van der Waals surface area (Å²) in [6, 6.07) is 0. The highest BCUT2D eigenvalue weighted by molar-refractivity contribution is 5.74. The third-order valence-corrected chi connectivity index (χ3v) is 1.78. The van der Waals surface area contributed by atoms with Gasteiger partial charge in [-0.1, -0.05) is 0 Å². The number of hydrogen-bond acceptors (Lipinski definition) is 4. The topological polar surface area (TPSA) is 53.4 Å². The van der Waals surface area contributed by atoms with E-state index in [1.165, 1.54) is 7.11 Å². The molecule has 78 valence electrons. The lowest BCUT2D eigenvalue weighted by Gasteiger charge is -2.09. The van der Waals surface area contributed by atoms with Crippen LogP contribution in [-0.4, -0.2) is 29.0 Å². The zero-order valence-electron chi connectivity index (χ0n) is 8.56. The van der Waals surface area contributed by atoms with Crippen molar-refractivity contribution in [2.45, 2.75) is 26.5 Å². The smallest absolute Gasteiger partial charge is 0.346 e. The van der Waals surface area contributed by atoms with E-state index in [2.05, 4.69) is 9.84 Å². The fraction of sp³-hybridized carbons (Fsp3) is 0.556. The predicted molar refractivity (Wildman–Crippen MR) is 50.0 cm³/mol. The van der Waals surface area contributed by atoms with Crippen LogP contribution in [0.3, 0.4) is 0 Å². The number of methoxy groups -OCH3 is 1. The molecule has 0 saturated carbocycles. The van der Waals surface area contributed by atoms with Gasteiger partial charge in [0.2, 0.25) is 0 Å². The van der Waals surface area contributed by atoms with Crippen LogP contribution < -0.4 is 4.74 Å². The second-order valence-corrected chi connectivity index (χ2v) is 2.81. The first-order chi connectivity index (χ1) is 6.67. The standard InChI is InChI=1S/C9H14N2O3/c1-4-11-6-8(5-10-11)14-7(2)9(12)13-3/h5-7H,4H2,1-3H3/t7-/m0/s1. The number of ether oxygens (including phenoxy) is 2. The molecule has 0 aliphatic heterocycles. The van der Waals surface area contributed by atoms with E-state index in [0.717, 1.165) is 6.54 Å². The SMILES string of the molecule is CCn1cc(O[C@@H](C)C(=O)OC)cn1. The van der Waals surface area contributed by atoms with Gasteiger partial charge in [-0.25, -0.2) is 4.79 Å². The van der Waals surface area contributed by atoms with Crippen molar-refractivity contribution in [3.8, 4) is 5.75 Å². The summed E-state index contributed by atoms with van der Waals surface area (Å²) in [5.74, 6) is 0.180. The fourth-order valence-corrected chi connectivity index (χ4v) is 0.997. The Morgan fingerprint density at radius 3 is 2.93 bits per heavy atom. The van der Waals surface area contributed by atoms with Crippen LogP contribution in [-0.2, 0) is 16.1 Å². The minimum atomic E-state index is -0.602. The van der Waals surface area contributed by atoms with Crippen LogP contribution in [0.5, 0.6) is 5.75 Å². The van der Waals surface area contributed by atoms with E-state index < -0.39 is 12.1 Å². The summed E-state index contributed by atoms with van der Waals surface area (Å²) >= 11 is 0. The molecule has 0 unspecified atom stereocenters. The van der Waals surface area contributed by atoms with Crippen LogP contribution >= 0.6 is 0 Å². The van der Waals surface area contributed by atoms with Crippen molar-refractivity contribution in [2.24, 2.45) is 0 Å². The van der Waals surface area contributed by atoms with Gasteiger partial charge in [-0.15, -0.1) is 0 Å². The fourth-order valence-electron chi connectivity index (χ4n) is 0.997. The first-order valence-electron chi connectivity index (χ1n) is 4.44. The predicted octanol–water partition coefficient (Wildman–Crippen LogP) is 0.843. The number of aromatic nitrogens is 2. The molecule has 0 radical (unpaired) electrons. The highest BCUT2D eigenvalue weighted by Gasteiger charge is 2.15. The average Bonchev–Trinajstić information content (AvgIpc) is 2.64. The molecular formula is C9H14N2O3. The third kappa shape index (κ3) is 2.48. The van der Waals surface area contributed by atoms with Crippen molar-refractivity contribution in [1.29, 1.82) is 0 Å². The summed E-state index contributed by atoms with van der Waals surface area (Å²) in [4.78, 5) is 11.0. The van der Waals surface area contributed by atoms with Crippen LogP contribution in [0.15, 0.2) is 12.4 Å². The number of hydrogen-bond donors (Lipinski definition) is 0. The Balaban J connectivity index is 2.55. The van der Waals surface area contributed by atoms with Gasteiger partial charge in [-0.3, -0.25) is 4.68 Å². The highest BCUT2D eigenvalue weighted by atomic mass is 16.6. The molecule has 1 heterocycles. The molecular weight excluding hydrogens is 184 g/mol. The Hall–Kier alpha value is -1.52. The zero-order valence-corrected chi connectivity index (χ0v) is 8.56. The maximum absolute atomic E-state index is 11.0. The van der Waals surface area contributed by atoms with Crippen molar-refractivity contribution >= 4 is 5.97 Å². The van der Waals surface area contributed by atoms with Gasteiger partial charge in [0, 0.05) is 6.54 Å². The first-order valence-corrected chi connectivity index (χ1v) is 4.44. The molecule has 0 aromatic carbocycles. The van der Waals surface area contributed by atoms with Crippen molar-refractivity contribution in [2.75, 3.05) is 7.11 Å². The summed E-state index contributed by atoms with van der Waals surface area (Å²) in [6.45, 7) is 4.38. The minimum absolute atomic E-state index is 0.394. The van der Waals surface area contributed by atoms with E-state index in [1.54, 1.807) is 24.0 Å². The van der Waals surface area contributed by atoms with E-state index in [-0.39, 0.29) is 0 Å². The van der Waals surface area contributed by atoms with Crippen molar-refractivity contribution < 1.29 is 14.3 Å². The second-order valence-electron chi connectivity index (χ2n) is 2.81. The molecule has 0 fully saturated rings. The molecule has 0 aliphatic carbocycles. The molecule has 1 rings (SSSR count). The highest BCUT2D eigenvalue weighted by Crippen LogP contribution is 2.10. The van der Waals surface area contributed by atoms with Gasteiger partial charge in [0.1, 0.15) is 0 Å². The molecule has 0 spiro atoms. The van der Waals surface area contributed by atoms with E-state index in [0.29, 0.717) is 5.75 Å². The molecule has 1 atom stereocenters. The molecule has 5 nitrogen and oxygen atoms in total. The van der Waals surface area contributed by atoms with Crippen LogP contribution in [0.4, 0.5) is 0 Å². The lowest BCUT2D eigenvalue weighted by atomic mass is 10.4. The van der Waals surface area contributed by atoms with E-state index in [4.69, 9.17) is 4.74 Å². The van der Waals surface area contributed by atoms with Gasteiger partial charge in [0.05, 0.1) is 19.5 Å². The molecule has 1 aromatic heterocycles. The van der Waals surface area contributed by atoms with Crippen molar-refractivity contribution in [3.63, 3.8) is 0 Å². The molecule has 5 heteroatoms. The molecule has 0 amide bonds. The Labute approximate surface area is 82.6 Å². The first kappa shape index (κ1) is 10.6. The van der Waals surface area contributed by atoms with Gasteiger partial charge in [-0.05, 0) is 13.8 Å². The van der Waals surface area contributed by atoms with Crippen LogP contribution in [0.2, 0.25) is 0 Å². The normalized spacial score (nSPS) is 12.2. The molecule has 0 bridgehead atoms. The Morgan fingerprint density at radius 1 is 1.71 bits per heavy atom. The Bertz CT molecular complexity index is 309. The second kappa shape index (κ2) is 4.64. The maximum Gasteiger partial charge on any atom is 0.346 e. The number of aryl methyl sites for hydroxylation is 1. The number of nitrogens with zero attached hydrogens (tertiary/aromatic N) is 2. The number of carbonyl (C=O) groups is 1. The summed E-state index contributed by atoms with van der Waals surface area (Å²) in [5.41, 5.74) is 0. The van der Waals surface area contributed by atoms with Gasteiger partial charge in [0.15, 0.2) is 11.9 Å². The quantitative estimate of drug-likeness (QED) is 0.673. The largest absolute Gasteiger partial charge is 0.476 e. The Morgan fingerprint density at radius 2 is 2.43 bits per heavy atom. The van der Waals surface area contributed by atoms with Gasteiger partial charge in [0.25, 0.3) is 0 Å².